The molecule has 2 aliphatic rings. The molecular weight excluding hydrogens is 372 g/mol. The summed E-state index contributed by atoms with van der Waals surface area (Å²) in [5.74, 6) is 0.174. The van der Waals surface area contributed by atoms with Crippen molar-refractivity contribution in [1.82, 2.24) is 4.90 Å². The molecule has 0 aliphatic carbocycles. The maximum atomic E-state index is 13.0. The lowest BCUT2D eigenvalue weighted by Gasteiger charge is -2.43. The smallest absolute Gasteiger partial charge is 0.241 e. The van der Waals surface area contributed by atoms with Crippen molar-refractivity contribution >= 4 is 21.4 Å². The van der Waals surface area contributed by atoms with Gasteiger partial charge >= 0.3 is 0 Å². The summed E-state index contributed by atoms with van der Waals surface area (Å²) in [6.07, 6.45) is 1.84. The zero-order chi connectivity index (χ0) is 19.7. The third-order valence-corrected chi connectivity index (χ3v) is 7.47. The van der Waals surface area contributed by atoms with Crippen LogP contribution < -0.4 is 4.90 Å². The van der Waals surface area contributed by atoms with Gasteiger partial charge in [0, 0.05) is 11.7 Å². The van der Waals surface area contributed by atoms with Crippen LogP contribution in [0.2, 0.25) is 0 Å². The minimum absolute atomic E-state index is 0.0121. The van der Waals surface area contributed by atoms with Gasteiger partial charge in [0.1, 0.15) is 0 Å². The highest BCUT2D eigenvalue weighted by molar-refractivity contribution is 7.91. The van der Waals surface area contributed by atoms with E-state index in [-0.39, 0.29) is 36.0 Å². The molecule has 4 rings (SSSR count). The van der Waals surface area contributed by atoms with Crippen LogP contribution in [0, 0.1) is 6.92 Å². The standard InChI is InChI=1S/C22H26N2O3S/c1-17-9-11-19(12-10-17)24-21-16-28(26,27)15-20(21)23(14-22(24)25)13-5-8-18-6-3-2-4-7-18/h2-4,6-7,9-12,20-21H,5,8,13-16H2,1H3. The van der Waals surface area contributed by atoms with E-state index in [2.05, 4.69) is 17.0 Å². The van der Waals surface area contributed by atoms with Crippen LogP contribution in [-0.4, -0.2) is 55.9 Å². The maximum Gasteiger partial charge on any atom is 0.241 e. The summed E-state index contributed by atoms with van der Waals surface area (Å²) in [7, 11) is -3.15. The molecule has 2 saturated heterocycles. The Balaban J connectivity index is 1.52. The lowest BCUT2D eigenvalue weighted by atomic mass is 10.0. The van der Waals surface area contributed by atoms with E-state index in [0.717, 1.165) is 30.6 Å². The Morgan fingerprint density at radius 1 is 0.964 bits per heavy atom. The highest BCUT2D eigenvalue weighted by Gasteiger charge is 2.49. The largest absolute Gasteiger partial charge is 0.306 e. The van der Waals surface area contributed by atoms with Gasteiger partial charge in [-0.25, -0.2) is 8.42 Å². The van der Waals surface area contributed by atoms with Crippen molar-refractivity contribution < 1.29 is 13.2 Å². The Morgan fingerprint density at radius 3 is 2.36 bits per heavy atom. The maximum absolute atomic E-state index is 13.0. The monoisotopic (exact) mass is 398 g/mol. The minimum atomic E-state index is -3.15. The molecule has 0 aromatic heterocycles. The molecule has 1 amide bonds. The fourth-order valence-corrected chi connectivity index (χ4v) is 6.36. The van der Waals surface area contributed by atoms with Crippen molar-refractivity contribution in [3.8, 4) is 0 Å². The number of nitrogens with zero attached hydrogens (tertiary/aromatic N) is 2. The van der Waals surface area contributed by atoms with Gasteiger partial charge in [-0.2, -0.15) is 0 Å². The van der Waals surface area contributed by atoms with Gasteiger partial charge in [0.25, 0.3) is 0 Å². The van der Waals surface area contributed by atoms with Gasteiger partial charge in [-0.05, 0) is 44.0 Å². The van der Waals surface area contributed by atoms with Crippen molar-refractivity contribution in [3.63, 3.8) is 0 Å². The van der Waals surface area contributed by atoms with Crippen LogP contribution in [0.5, 0.6) is 0 Å². The first-order valence-electron chi connectivity index (χ1n) is 9.80. The zero-order valence-corrected chi connectivity index (χ0v) is 16.9. The van der Waals surface area contributed by atoms with Crippen LogP contribution in [0.25, 0.3) is 0 Å². The van der Waals surface area contributed by atoms with Gasteiger partial charge < -0.3 is 4.90 Å². The van der Waals surface area contributed by atoms with Gasteiger partial charge in [-0.1, -0.05) is 48.0 Å². The predicted molar refractivity (Wildman–Crippen MR) is 111 cm³/mol. The van der Waals surface area contributed by atoms with Crippen LogP contribution in [0.15, 0.2) is 54.6 Å². The zero-order valence-electron chi connectivity index (χ0n) is 16.1. The molecule has 5 nitrogen and oxygen atoms in total. The summed E-state index contributed by atoms with van der Waals surface area (Å²) in [4.78, 5) is 16.8. The van der Waals surface area contributed by atoms with E-state index in [1.165, 1.54) is 5.56 Å². The predicted octanol–water partition coefficient (Wildman–Crippen LogP) is 2.44. The molecule has 2 aliphatic heterocycles. The van der Waals surface area contributed by atoms with E-state index in [1.54, 1.807) is 4.90 Å². The highest BCUT2D eigenvalue weighted by atomic mass is 32.2. The second-order valence-electron chi connectivity index (χ2n) is 7.87. The molecule has 2 atom stereocenters. The summed E-state index contributed by atoms with van der Waals surface area (Å²) in [5.41, 5.74) is 3.18. The SMILES string of the molecule is Cc1ccc(N2C(=O)CN(CCCc3ccccc3)C3CS(=O)(=O)CC32)cc1. The molecule has 2 aromatic rings. The number of carbonyl (C=O) groups excluding carboxylic acids is 1. The summed E-state index contributed by atoms with van der Waals surface area (Å²) in [6, 6.07) is 17.6. The van der Waals surface area contributed by atoms with Gasteiger partial charge in [-0.15, -0.1) is 0 Å². The average molecular weight is 399 g/mol. The molecule has 2 fully saturated rings. The molecule has 148 valence electrons. The molecule has 0 bridgehead atoms. The van der Waals surface area contributed by atoms with Crippen LogP contribution in [0.3, 0.4) is 0 Å². The van der Waals surface area contributed by atoms with E-state index < -0.39 is 9.84 Å². The fourth-order valence-electron chi connectivity index (χ4n) is 4.37. The van der Waals surface area contributed by atoms with E-state index in [4.69, 9.17) is 0 Å². The van der Waals surface area contributed by atoms with E-state index >= 15 is 0 Å². The molecule has 0 radical (unpaired) electrons. The number of rotatable bonds is 5. The van der Waals surface area contributed by atoms with Crippen molar-refractivity contribution in [2.45, 2.75) is 31.8 Å². The molecule has 0 N–H and O–H groups in total. The third kappa shape index (κ3) is 3.98. The molecule has 2 heterocycles. The Hall–Kier alpha value is -2.18. The summed E-state index contributed by atoms with van der Waals surface area (Å²) in [5, 5.41) is 0. The summed E-state index contributed by atoms with van der Waals surface area (Å²) < 4.78 is 24.8. The van der Waals surface area contributed by atoms with Crippen molar-refractivity contribution in [2.75, 3.05) is 29.5 Å². The second kappa shape index (κ2) is 7.68. The van der Waals surface area contributed by atoms with E-state index in [9.17, 15) is 13.2 Å². The first-order chi connectivity index (χ1) is 13.4. The number of sulfone groups is 1. The minimum Gasteiger partial charge on any atom is -0.306 e. The lowest BCUT2D eigenvalue weighted by molar-refractivity contribution is -0.123. The van der Waals surface area contributed by atoms with Crippen LogP contribution in [-0.2, 0) is 21.1 Å². The van der Waals surface area contributed by atoms with Gasteiger partial charge in [0.2, 0.25) is 5.91 Å². The number of amides is 1. The van der Waals surface area contributed by atoms with Crippen molar-refractivity contribution in [1.29, 1.82) is 0 Å². The lowest BCUT2D eigenvalue weighted by Crippen LogP contribution is -2.62. The molecular formula is C22H26N2O3S. The Morgan fingerprint density at radius 2 is 1.64 bits per heavy atom. The Labute approximate surface area is 166 Å². The number of aryl methyl sites for hydroxylation is 2. The number of fused-ring (bicyclic) bond motifs is 1. The quantitative estimate of drug-likeness (QED) is 0.776. The van der Waals surface area contributed by atoms with Crippen molar-refractivity contribution in [2.24, 2.45) is 0 Å². The average Bonchev–Trinajstić information content (AvgIpc) is 2.99. The number of hydrogen-bond donors (Lipinski definition) is 0. The summed E-state index contributed by atoms with van der Waals surface area (Å²) >= 11 is 0. The first-order valence-corrected chi connectivity index (χ1v) is 11.6. The molecule has 2 unspecified atom stereocenters. The van der Waals surface area contributed by atoms with Crippen LogP contribution >= 0.6 is 0 Å². The number of hydrogen-bond acceptors (Lipinski definition) is 4. The molecule has 2 aromatic carbocycles. The van der Waals surface area contributed by atoms with Crippen molar-refractivity contribution in [3.05, 3.63) is 65.7 Å². The second-order valence-corrected chi connectivity index (χ2v) is 10.0. The fraction of sp³-hybridized carbons (Fsp3) is 0.409. The topological polar surface area (TPSA) is 57.7 Å². The summed E-state index contributed by atoms with van der Waals surface area (Å²) in [6.45, 7) is 3.01. The number of piperazine rings is 1. The molecule has 0 saturated carbocycles. The first kappa shape index (κ1) is 19.2. The molecule has 6 heteroatoms. The number of carbonyl (C=O) groups is 1. The van der Waals surface area contributed by atoms with Crippen LogP contribution in [0.4, 0.5) is 5.69 Å². The van der Waals surface area contributed by atoms with E-state index in [0.29, 0.717) is 0 Å². The third-order valence-electron chi connectivity index (χ3n) is 5.77. The highest BCUT2D eigenvalue weighted by Crippen LogP contribution is 2.32. The van der Waals surface area contributed by atoms with Gasteiger partial charge in [-0.3, -0.25) is 9.69 Å². The molecule has 0 spiro atoms. The molecule has 28 heavy (non-hydrogen) atoms. The van der Waals surface area contributed by atoms with E-state index in [1.807, 2.05) is 49.4 Å². The number of benzene rings is 2. The number of anilines is 1. The Bertz CT molecular complexity index is 942. The van der Waals surface area contributed by atoms with Gasteiger partial charge in [0.15, 0.2) is 9.84 Å². The normalized spacial score (nSPS) is 24.3. The van der Waals surface area contributed by atoms with Gasteiger partial charge in [0.05, 0.1) is 24.1 Å². The van der Waals surface area contributed by atoms with Crippen LogP contribution in [0.1, 0.15) is 17.5 Å². The Kier molecular flexibility index (Phi) is 5.25.